The number of non-ortho nitro benzene ring substituents is 1. The number of nitrogens with zero attached hydrogens (tertiary/aromatic N) is 3. The largest absolute Gasteiger partial charge is 0.302 e. The van der Waals surface area contributed by atoms with Gasteiger partial charge in [0.1, 0.15) is 0 Å². The number of nitrogens with one attached hydrogen (secondary N) is 1. The van der Waals surface area contributed by atoms with Gasteiger partial charge in [-0.2, -0.15) is 0 Å². The summed E-state index contributed by atoms with van der Waals surface area (Å²) < 4.78 is 0. The number of carbonyl (C=O) groups is 1. The highest BCUT2D eigenvalue weighted by Gasteiger charge is 2.21. The molecule has 108 valence electrons. The molecule has 2 rings (SSSR count). The van der Waals surface area contributed by atoms with Crippen LogP contribution in [0.1, 0.15) is 5.56 Å². The third-order valence-electron chi connectivity index (χ3n) is 2.51. The van der Waals surface area contributed by atoms with Gasteiger partial charge in [0.25, 0.3) is 11.4 Å². The highest BCUT2D eigenvalue weighted by atomic mass is 32.1. The maximum absolute atomic E-state index is 11.8. The van der Waals surface area contributed by atoms with Crippen LogP contribution in [0.2, 0.25) is 0 Å². The van der Waals surface area contributed by atoms with Crippen LogP contribution < -0.4 is 5.32 Å². The fourth-order valence-electron chi connectivity index (χ4n) is 1.61. The van der Waals surface area contributed by atoms with Gasteiger partial charge in [0, 0.05) is 23.2 Å². The van der Waals surface area contributed by atoms with Gasteiger partial charge < -0.3 is 5.32 Å². The molecule has 1 aromatic carbocycles. The molecule has 1 aromatic heterocycles. The summed E-state index contributed by atoms with van der Waals surface area (Å²) in [4.78, 5) is 35.7. The molecule has 0 atom stereocenters. The molecule has 0 spiro atoms. The number of anilines is 1. The molecule has 0 saturated carbocycles. The molecular formula is C11H8N4O5S. The zero-order chi connectivity index (χ0) is 15.4. The zero-order valence-corrected chi connectivity index (χ0v) is 11.2. The Balaban J connectivity index is 2.21. The number of carbonyl (C=O) groups excluding carboxylic acids is 1. The topological polar surface area (TPSA) is 128 Å². The van der Waals surface area contributed by atoms with Crippen LogP contribution in [0.3, 0.4) is 0 Å². The first-order valence-electron chi connectivity index (χ1n) is 5.58. The van der Waals surface area contributed by atoms with Crippen molar-refractivity contribution in [1.29, 1.82) is 0 Å². The molecule has 1 N–H and O–H groups in total. The van der Waals surface area contributed by atoms with Gasteiger partial charge in [-0.1, -0.05) is 0 Å². The molecule has 0 fully saturated rings. The first-order valence-corrected chi connectivity index (χ1v) is 6.46. The molecule has 0 bridgehead atoms. The Morgan fingerprint density at radius 3 is 2.62 bits per heavy atom. The average molecular weight is 308 g/mol. The van der Waals surface area contributed by atoms with E-state index >= 15 is 0 Å². The highest BCUT2D eigenvalue weighted by molar-refractivity contribution is 7.13. The summed E-state index contributed by atoms with van der Waals surface area (Å²) in [6.45, 7) is 0. The minimum atomic E-state index is -0.751. The lowest BCUT2D eigenvalue weighted by molar-refractivity contribution is -0.394. The van der Waals surface area contributed by atoms with E-state index in [0.29, 0.717) is 5.13 Å². The Kier molecular flexibility index (Phi) is 4.18. The van der Waals surface area contributed by atoms with Crippen molar-refractivity contribution in [1.82, 2.24) is 4.98 Å². The van der Waals surface area contributed by atoms with Crippen molar-refractivity contribution in [3.63, 3.8) is 0 Å². The van der Waals surface area contributed by atoms with Gasteiger partial charge >= 0.3 is 0 Å². The molecule has 21 heavy (non-hydrogen) atoms. The van der Waals surface area contributed by atoms with E-state index in [2.05, 4.69) is 10.3 Å². The Bertz CT molecular complexity index is 701. The Hall–Kier alpha value is -2.88. The van der Waals surface area contributed by atoms with Crippen LogP contribution >= 0.6 is 11.3 Å². The quantitative estimate of drug-likeness (QED) is 0.665. The van der Waals surface area contributed by atoms with E-state index < -0.39 is 27.1 Å². The second-order valence-corrected chi connectivity index (χ2v) is 4.78. The van der Waals surface area contributed by atoms with Gasteiger partial charge in [0.2, 0.25) is 5.91 Å². The molecule has 0 aliphatic heterocycles. The van der Waals surface area contributed by atoms with Crippen LogP contribution in [0.15, 0.2) is 29.8 Å². The minimum Gasteiger partial charge on any atom is -0.302 e. The lowest BCUT2D eigenvalue weighted by atomic mass is 10.1. The molecule has 0 aliphatic carbocycles. The van der Waals surface area contributed by atoms with Gasteiger partial charge in [0.05, 0.1) is 22.3 Å². The molecule has 9 nitrogen and oxygen atoms in total. The molecular weight excluding hydrogens is 300 g/mol. The summed E-state index contributed by atoms with van der Waals surface area (Å²) in [6.07, 6.45) is 1.24. The Morgan fingerprint density at radius 1 is 1.29 bits per heavy atom. The summed E-state index contributed by atoms with van der Waals surface area (Å²) in [7, 11) is 0. The van der Waals surface area contributed by atoms with Crippen LogP contribution in [-0.4, -0.2) is 20.7 Å². The third kappa shape index (κ3) is 3.57. The number of nitro groups is 2. The Morgan fingerprint density at radius 2 is 2.05 bits per heavy atom. The molecule has 0 aliphatic rings. The molecule has 10 heteroatoms. The van der Waals surface area contributed by atoms with Gasteiger partial charge in [0.15, 0.2) is 5.13 Å². The van der Waals surface area contributed by atoms with Crippen LogP contribution in [-0.2, 0) is 11.2 Å². The van der Waals surface area contributed by atoms with Gasteiger partial charge in [-0.25, -0.2) is 4.98 Å². The highest BCUT2D eigenvalue weighted by Crippen LogP contribution is 2.25. The second kappa shape index (κ2) is 6.05. The van der Waals surface area contributed by atoms with Crippen LogP contribution in [0.25, 0.3) is 0 Å². The minimum absolute atomic E-state index is 0.0969. The van der Waals surface area contributed by atoms with E-state index in [4.69, 9.17) is 0 Å². The van der Waals surface area contributed by atoms with E-state index in [-0.39, 0.29) is 12.0 Å². The van der Waals surface area contributed by atoms with Crippen LogP contribution in [0.4, 0.5) is 16.5 Å². The standard InChI is InChI=1S/C11H8N4O5S/c16-10(13-11-12-3-4-21-11)5-7-1-2-8(14(17)18)6-9(7)15(19)20/h1-4,6H,5H2,(H,12,13,16). The first kappa shape index (κ1) is 14.5. The SMILES string of the molecule is O=C(Cc1ccc([N+](=O)[O-])cc1[N+](=O)[O-])Nc1nccs1. The van der Waals surface area contributed by atoms with Crippen LogP contribution in [0.5, 0.6) is 0 Å². The van der Waals surface area contributed by atoms with Crippen molar-refractivity contribution in [3.8, 4) is 0 Å². The summed E-state index contributed by atoms with van der Waals surface area (Å²) in [6, 6.07) is 3.17. The summed E-state index contributed by atoms with van der Waals surface area (Å²) >= 11 is 1.21. The van der Waals surface area contributed by atoms with Crippen molar-refractivity contribution in [2.45, 2.75) is 6.42 Å². The first-order chi connectivity index (χ1) is 9.97. The number of hydrogen-bond donors (Lipinski definition) is 1. The van der Waals surface area contributed by atoms with Crippen molar-refractivity contribution in [3.05, 3.63) is 55.6 Å². The van der Waals surface area contributed by atoms with Gasteiger partial charge in [-0.15, -0.1) is 11.3 Å². The lowest BCUT2D eigenvalue weighted by Crippen LogP contribution is -2.15. The third-order valence-corrected chi connectivity index (χ3v) is 3.19. The molecule has 0 unspecified atom stereocenters. The zero-order valence-electron chi connectivity index (χ0n) is 10.4. The number of hydrogen-bond acceptors (Lipinski definition) is 7. The fourth-order valence-corrected chi connectivity index (χ4v) is 2.15. The van der Waals surface area contributed by atoms with Crippen LogP contribution in [0, 0.1) is 20.2 Å². The lowest BCUT2D eigenvalue weighted by Gasteiger charge is -2.03. The smallest absolute Gasteiger partial charge is 0.279 e. The maximum Gasteiger partial charge on any atom is 0.279 e. The number of nitro benzene ring substituents is 2. The molecule has 0 radical (unpaired) electrons. The molecule has 1 amide bonds. The van der Waals surface area contributed by atoms with Gasteiger partial charge in [-0.05, 0) is 6.07 Å². The van der Waals surface area contributed by atoms with Gasteiger partial charge in [-0.3, -0.25) is 25.0 Å². The van der Waals surface area contributed by atoms with E-state index in [9.17, 15) is 25.0 Å². The second-order valence-electron chi connectivity index (χ2n) is 3.89. The number of rotatable bonds is 5. The predicted octanol–water partition coefficient (Wildman–Crippen LogP) is 2.14. The molecule has 1 heterocycles. The summed E-state index contributed by atoms with van der Waals surface area (Å²) in [5.74, 6) is -0.484. The Labute approximate surface area is 121 Å². The normalized spacial score (nSPS) is 10.1. The van der Waals surface area contributed by atoms with E-state index in [0.717, 1.165) is 12.1 Å². The van der Waals surface area contributed by atoms with E-state index in [1.54, 1.807) is 5.38 Å². The van der Waals surface area contributed by atoms with E-state index in [1.165, 1.54) is 23.6 Å². The van der Waals surface area contributed by atoms with Crippen molar-refractivity contribution >= 4 is 33.8 Å². The van der Waals surface area contributed by atoms with Crippen molar-refractivity contribution < 1.29 is 14.6 Å². The monoisotopic (exact) mass is 308 g/mol. The molecule has 2 aromatic rings. The number of benzene rings is 1. The number of aromatic nitrogens is 1. The van der Waals surface area contributed by atoms with Crippen molar-refractivity contribution in [2.24, 2.45) is 0 Å². The van der Waals surface area contributed by atoms with E-state index in [1.807, 2.05) is 0 Å². The summed E-state index contributed by atoms with van der Waals surface area (Å²) in [5, 5.41) is 26.1. The average Bonchev–Trinajstić information content (AvgIpc) is 2.91. The maximum atomic E-state index is 11.8. The van der Waals surface area contributed by atoms with Crippen molar-refractivity contribution in [2.75, 3.05) is 5.32 Å². The number of amides is 1. The number of thiazole rings is 1. The molecule has 0 saturated heterocycles. The predicted molar refractivity (Wildman–Crippen MR) is 74.2 cm³/mol. The summed E-state index contributed by atoms with van der Waals surface area (Å²) in [5.41, 5.74) is -0.760. The fraction of sp³-hybridized carbons (Fsp3) is 0.0909.